The number of benzene rings is 1. The second-order valence-electron chi connectivity index (χ2n) is 7.96. The Balaban J connectivity index is 1.36. The van der Waals surface area contributed by atoms with Crippen LogP contribution >= 0.6 is 0 Å². The van der Waals surface area contributed by atoms with Crippen LogP contribution in [-0.2, 0) is 10.2 Å². The van der Waals surface area contributed by atoms with Gasteiger partial charge in [-0.2, -0.15) is 0 Å². The molecule has 2 aliphatic rings. The molecule has 4 rings (SSSR count). The lowest BCUT2D eigenvalue weighted by Crippen LogP contribution is -2.46. The zero-order valence-electron chi connectivity index (χ0n) is 16.4. The van der Waals surface area contributed by atoms with Crippen molar-refractivity contribution in [3.63, 3.8) is 0 Å². The molecule has 0 radical (unpaired) electrons. The Kier molecular flexibility index (Phi) is 4.91. The Morgan fingerprint density at radius 3 is 2.46 bits per heavy atom. The summed E-state index contributed by atoms with van der Waals surface area (Å²) in [5, 5.41) is 3.47. The van der Waals surface area contributed by atoms with E-state index in [9.17, 15) is 9.18 Å². The molecule has 0 unspecified atom stereocenters. The van der Waals surface area contributed by atoms with Crippen LogP contribution in [0, 0.1) is 5.82 Å². The second kappa shape index (κ2) is 7.37. The third-order valence-electron chi connectivity index (χ3n) is 5.80. The summed E-state index contributed by atoms with van der Waals surface area (Å²) in [6, 6.07) is 8.63. The number of halogens is 1. The molecular formula is C21H26FN5O. The molecule has 148 valence electrons. The molecule has 1 amide bonds. The molecule has 2 aromatic rings. The highest BCUT2D eigenvalue weighted by Crippen LogP contribution is 2.49. The van der Waals surface area contributed by atoms with Crippen molar-refractivity contribution < 1.29 is 9.18 Å². The summed E-state index contributed by atoms with van der Waals surface area (Å²) < 4.78 is 13.2. The Hall–Kier alpha value is -2.70. The van der Waals surface area contributed by atoms with Gasteiger partial charge < -0.3 is 15.1 Å². The molecule has 0 bridgehead atoms. The molecule has 7 heteroatoms. The molecule has 0 atom stereocenters. The zero-order chi connectivity index (χ0) is 19.7. The number of nitrogens with zero attached hydrogens (tertiary/aromatic N) is 4. The molecule has 1 N–H and O–H groups in total. The largest absolute Gasteiger partial charge is 0.367 e. The van der Waals surface area contributed by atoms with Crippen molar-refractivity contribution in [2.75, 3.05) is 37.4 Å². The SMILES string of the molecule is CN(C)c1cc(NC2CCN(C(=O)C3(c4ccc(F)cc4)CC3)CC2)ncn1. The molecule has 6 nitrogen and oxygen atoms in total. The number of nitrogens with one attached hydrogen (secondary N) is 1. The number of hydrogen-bond donors (Lipinski definition) is 1. The van der Waals surface area contributed by atoms with E-state index >= 15 is 0 Å². The van der Waals surface area contributed by atoms with Crippen molar-refractivity contribution in [3.05, 3.63) is 48.0 Å². The van der Waals surface area contributed by atoms with Gasteiger partial charge in [0.15, 0.2) is 0 Å². The first-order chi connectivity index (χ1) is 13.5. The van der Waals surface area contributed by atoms with Crippen molar-refractivity contribution in [2.24, 2.45) is 0 Å². The lowest BCUT2D eigenvalue weighted by molar-refractivity contribution is -0.134. The van der Waals surface area contributed by atoms with Crippen LogP contribution in [0.5, 0.6) is 0 Å². The van der Waals surface area contributed by atoms with Crippen LogP contribution in [0.3, 0.4) is 0 Å². The van der Waals surface area contributed by atoms with Crippen LogP contribution in [0.4, 0.5) is 16.0 Å². The third kappa shape index (κ3) is 3.66. The molecule has 28 heavy (non-hydrogen) atoms. The fourth-order valence-corrected chi connectivity index (χ4v) is 3.93. The van der Waals surface area contributed by atoms with E-state index in [4.69, 9.17) is 0 Å². The maximum atomic E-state index is 13.2. The summed E-state index contributed by atoms with van der Waals surface area (Å²) in [7, 11) is 3.90. The minimum atomic E-state index is -0.429. The van der Waals surface area contributed by atoms with Crippen molar-refractivity contribution in [2.45, 2.75) is 37.1 Å². The molecule has 1 aliphatic carbocycles. The van der Waals surface area contributed by atoms with Crippen LogP contribution in [0.25, 0.3) is 0 Å². The molecule has 0 spiro atoms. The van der Waals surface area contributed by atoms with Gasteiger partial charge in [-0.1, -0.05) is 12.1 Å². The Bertz CT molecular complexity index is 842. The van der Waals surface area contributed by atoms with Crippen LogP contribution in [0.2, 0.25) is 0 Å². The van der Waals surface area contributed by atoms with Gasteiger partial charge in [-0.05, 0) is 43.4 Å². The number of carbonyl (C=O) groups is 1. The average Bonchev–Trinajstić information content (AvgIpc) is 3.51. The van der Waals surface area contributed by atoms with Gasteiger partial charge in [0.1, 0.15) is 23.8 Å². The second-order valence-corrected chi connectivity index (χ2v) is 7.96. The molecular weight excluding hydrogens is 357 g/mol. The summed E-state index contributed by atoms with van der Waals surface area (Å²) in [6.07, 6.45) is 5.03. The third-order valence-corrected chi connectivity index (χ3v) is 5.80. The van der Waals surface area contributed by atoms with E-state index in [0.29, 0.717) is 0 Å². The summed E-state index contributed by atoms with van der Waals surface area (Å²) >= 11 is 0. The number of aromatic nitrogens is 2. The summed E-state index contributed by atoms with van der Waals surface area (Å²) in [5.74, 6) is 1.60. The lowest BCUT2D eigenvalue weighted by atomic mass is 9.93. The summed E-state index contributed by atoms with van der Waals surface area (Å²) in [4.78, 5) is 25.6. The van der Waals surface area contributed by atoms with Crippen LogP contribution in [-0.4, -0.2) is 54.0 Å². The van der Waals surface area contributed by atoms with Crippen molar-refractivity contribution >= 4 is 17.5 Å². The maximum Gasteiger partial charge on any atom is 0.233 e. The van der Waals surface area contributed by atoms with Gasteiger partial charge in [-0.25, -0.2) is 14.4 Å². The number of carbonyl (C=O) groups excluding carboxylic acids is 1. The minimum absolute atomic E-state index is 0.189. The van der Waals surface area contributed by atoms with E-state index in [1.807, 2.05) is 30.0 Å². The molecule has 1 aromatic carbocycles. The van der Waals surface area contributed by atoms with E-state index < -0.39 is 5.41 Å². The predicted molar refractivity (Wildman–Crippen MR) is 107 cm³/mol. The average molecular weight is 383 g/mol. The van der Waals surface area contributed by atoms with Crippen LogP contribution in [0.1, 0.15) is 31.2 Å². The fraction of sp³-hybridized carbons (Fsp3) is 0.476. The molecule has 2 fully saturated rings. The highest BCUT2D eigenvalue weighted by atomic mass is 19.1. The first-order valence-corrected chi connectivity index (χ1v) is 9.79. The fourth-order valence-electron chi connectivity index (χ4n) is 3.93. The van der Waals surface area contributed by atoms with Crippen LogP contribution in [0.15, 0.2) is 36.7 Å². The molecule has 2 heterocycles. The first-order valence-electron chi connectivity index (χ1n) is 9.79. The maximum absolute atomic E-state index is 13.2. The zero-order valence-corrected chi connectivity index (χ0v) is 16.4. The quantitative estimate of drug-likeness (QED) is 0.860. The number of rotatable bonds is 5. The van der Waals surface area contributed by atoms with E-state index in [0.717, 1.165) is 56.0 Å². The number of likely N-dealkylation sites (tertiary alicyclic amines) is 1. The number of amides is 1. The standard InChI is InChI=1S/C21H26FN5O/c1-26(2)19-13-18(23-14-24-19)25-17-7-11-27(12-8-17)20(28)21(9-10-21)15-3-5-16(22)6-4-15/h3-6,13-14,17H,7-12H2,1-2H3,(H,23,24,25). The first kappa shape index (κ1) is 18.7. The Morgan fingerprint density at radius 1 is 1.18 bits per heavy atom. The molecule has 1 saturated carbocycles. The van der Waals surface area contributed by atoms with Crippen molar-refractivity contribution in [1.82, 2.24) is 14.9 Å². The Labute approximate surface area is 164 Å². The van der Waals surface area contributed by atoms with E-state index in [2.05, 4.69) is 15.3 Å². The molecule has 1 saturated heterocycles. The van der Waals surface area contributed by atoms with Gasteiger partial charge in [-0.3, -0.25) is 4.79 Å². The van der Waals surface area contributed by atoms with Gasteiger partial charge in [-0.15, -0.1) is 0 Å². The smallest absolute Gasteiger partial charge is 0.233 e. The van der Waals surface area contributed by atoms with Gasteiger partial charge >= 0.3 is 0 Å². The van der Waals surface area contributed by atoms with Crippen LogP contribution < -0.4 is 10.2 Å². The van der Waals surface area contributed by atoms with Gasteiger partial charge in [0.05, 0.1) is 5.41 Å². The molecule has 1 aliphatic heterocycles. The minimum Gasteiger partial charge on any atom is -0.367 e. The van der Waals surface area contributed by atoms with E-state index in [1.54, 1.807) is 18.5 Å². The lowest BCUT2D eigenvalue weighted by Gasteiger charge is -2.35. The van der Waals surface area contributed by atoms with Gasteiger partial charge in [0.2, 0.25) is 5.91 Å². The Morgan fingerprint density at radius 2 is 1.86 bits per heavy atom. The summed E-state index contributed by atoms with van der Waals surface area (Å²) in [6.45, 7) is 1.45. The normalized spacial score (nSPS) is 18.6. The summed E-state index contributed by atoms with van der Waals surface area (Å²) in [5.41, 5.74) is 0.512. The molecule has 1 aromatic heterocycles. The topological polar surface area (TPSA) is 61.4 Å². The highest BCUT2D eigenvalue weighted by molar-refractivity contribution is 5.91. The monoisotopic (exact) mass is 383 g/mol. The highest BCUT2D eigenvalue weighted by Gasteiger charge is 2.53. The number of hydrogen-bond acceptors (Lipinski definition) is 5. The number of piperidine rings is 1. The van der Waals surface area contributed by atoms with E-state index in [1.165, 1.54) is 12.1 Å². The van der Waals surface area contributed by atoms with Gasteiger partial charge in [0.25, 0.3) is 0 Å². The van der Waals surface area contributed by atoms with Crippen molar-refractivity contribution in [1.29, 1.82) is 0 Å². The number of anilines is 2. The van der Waals surface area contributed by atoms with E-state index in [-0.39, 0.29) is 17.8 Å². The predicted octanol–water partition coefficient (Wildman–Crippen LogP) is 2.82. The van der Waals surface area contributed by atoms with Crippen molar-refractivity contribution in [3.8, 4) is 0 Å². The van der Waals surface area contributed by atoms with Gasteiger partial charge in [0, 0.05) is 39.3 Å².